The summed E-state index contributed by atoms with van der Waals surface area (Å²) in [7, 11) is 0. The number of aromatic amines is 1. The highest BCUT2D eigenvalue weighted by Crippen LogP contribution is 2.35. The van der Waals surface area contributed by atoms with E-state index >= 15 is 0 Å². The van der Waals surface area contributed by atoms with E-state index in [1.807, 2.05) is 0 Å². The number of nitrogens with one attached hydrogen (secondary N) is 3. The average molecular weight is 441 g/mol. The van der Waals surface area contributed by atoms with Crippen molar-refractivity contribution in [1.82, 2.24) is 25.4 Å². The first-order valence-corrected chi connectivity index (χ1v) is 10.7. The molecular weight excluding hydrogens is 422 g/mol. The van der Waals surface area contributed by atoms with E-state index in [2.05, 4.69) is 31.0 Å². The van der Waals surface area contributed by atoms with E-state index in [0.717, 1.165) is 5.56 Å². The summed E-state index contributed by atoms with van der Waals surface area (Å²) in [6, 6.07) is 5.21. The number of rotatable bonds is 5. The van der Waals surface area contributed by atoms with Crippen molar-refractivity contribution >= 4 is 40.9 Å². The van der Waals surface area contributed by atoms with Gasteiger partial charge in [0.15, 0.2) is 10.8 Å². The van der Waals surface area contributed by atoms with Gasteiger partial charge in [-0.15, -0.1) is 0 Å². The highest BCUT2D eigenvalue weighted by molar-refractivity contribution is 7.99. The van der Waals surface area contributed by atoms with Gasteiger partial charge in [-0.1, -0.05) is 23.0 Å². The molecule has 11 nitrogen and oxygen atoms in total. The van der Waals surface area contributed by atoms with Gasteiger partial charge in [0.25, 0.3) is 11.8 Å². The van der Waals surface area contributed by atoms with Crippen LogP contribution in [0.15, 0.2) is 34.8 Å². The third kappa shape index (κ3) is 3.74. The van der Waals surface area contributed by atoms with E-state index in [4.69, 9.17) is 4.84 Å². The second kappa shape index (κ2) is 7.69. The standard InChI is InChI=1S/C19H19N7O4S/c27-15(8-31-18-21-10-22-24-18)26-5-4-19(9-26)6-14(25-30-19)17(29)23-13-3-1-2-11-12(13)7-20-16(11)28/h1-3,10H,4-9H2,(H,20,28)(H,23,29)(H,21,22,24). The quantitative estimate of drug-likeness (QED) is 0.575. The number of nitrogens with zero attached hydrogens (tertiary/aromatic N) is 4. The van der Waals surface area contributed by atoms with Crippen LogP contribution >= 0.6 is 11.8 Å². The highest BCUT2D eigenvalue weighted by Gasteiger charge is 2.47. The molecule has 4 heterocycles. The fourth-order valence-corrected chi connectivity index (χ4v) is 4.65. The topological polar surface area (TPSA) is 142 Å². The molecule has 3 aliphatic heterocycles. The molecule has 1 unspecified atom stereocenters. The van der Waals surface area contributed by atoms with Crippen molar-refractivity contribution in [2.45, 2.75) is 30.1 Å². The minimum Gasteiger partial charge on any atom is -0.386 e. The molecule has 0 saturated carbocycles. The van der Waals surface area contributed by atoms with Crippen LogP contribution in [0, 0.1) is 0 Å². The summed E-state index contributed by atoms with van der Waals surface area (Å²) in [5.74, 6) is -0.304. The van der Waals surface area contributed by atoms with E-state index in [1.54, 1.807) is 23.1 Å². The van der Waals surface area contributed by atoms with Gasteiger partial charge >= 0.3 is 0 Å². The molecule has 31 heavy (non-hydrogen) atoms. The summed E-state index contributed by atoms with van der Waals surface area (Å²) < 4.78 is 0. The van der Waals surface area contributed by atoms with Crippen molar-refractivity contribution in [3.63, 3.8) is 0 Å². The van der Waals surface area contributed by atoms with Gasteiger partial charge in [0, 0.05) is 42.7 Å². The number of likely N-dealkylation sites (tertiary alicyclic amines) is 1. The van der Waals surface area contributed by atoms with Crippen LogP contribution in [0.25, 0.3) is 0 Å². The number of thioether (sulfide) groups is 1. The molecule has 5 rings (SSSR count). The molecule has 1 aromatic heterocycles. The normalized spacial score (nSPS) is 21.6. The number of anilines is 1. The number of oxime groups is 1. The van der Waals surface area contributed by atoms with Crippen LogP contribution in [-0.2, 0) is 21.0 Å². The molecule has 1 aromatic carbocycles. The lowest BCUT2D eigenvalue weighted by Gasteiger charge is -2.21. The minimum atomic E-state index is -0.671. The lowest BCUT2D eigenvalue weighted by atomic mass is 9.96. The molecular formula is C19H19N7O4S. The lowest BCUT2D eigenvalue weighted by molar-refractivity contribution is -0.128. The van der Waals surface area contributed by atoms with Crippen LogP contribution in [0.4, 0.5) is 5.69 Å². The third-order valence-electron chi connectivity index (χ3n) is 5.59. The SMILES string of the molecule is O=C(Nc1cccc2c1CNC2=O)C1=NOC2(CCN(C(=O)CSc3ncn[nH]3)C2)C1. The molecule has 3 aliphatic rings. The molecule has 0 aliphatic carbocycles. The van der Waals surface area contributed by atoms with Crippen LogP contribution in [0.3, 0.4) is 0 Å². The van der Waals surface area contributed by atoms with Gasteiger partial charge in [0.05, 0.1) is 12.3 Å². The molecule has 160 valence electrons. The lowest BCUT2D eigenvalue weighted by Crippen LogP contribution is -2.38. The Morgan fingerprint density at radius 3 is 3.10 bits per heavy atom. The van der Waals surface area contributed by atoms with Crippen molar-refractivity contribution in [2.75, 3.05) is 24.2 Å². The first-order chi connectivity index (χ1) is 15.0. The van der Waals surface area contributed by atoms with Gasteiger partial charge in [-0.25, -0.2) is 4.98 Å². The molecule has 12 heteroatoms. The molecule has 1 fully saturated rings. The average Bonchev–Trinajstić information content (AvgIpc) is 3.56. The molecule has 1 atom stereocenters. The first-order valence-electron chi connectivity index (χ1n) is 9.75. The number of carbonyl (C=O) groups is 3. The smallest absolute Gasteiger partial charge is 0.273 e. The van der Waals surface area contributed by atoms with Crippen molar-refractivity contribution in [3.05, 3.63) is 35.7 Å². The number of amides is 3. The van der Waals surface area contributed by atoms with E-state index in [-0.39, 0.29) is 29.2 Å². The Kier molecular flexibility index (Phi) is 4.85. The first kappa shape index (κ1) is 19.5. The number of benzene rings is 1. The zero-order valence-corrected chi connectivity index (χ0v) is 17.2. The van der Waals surface area contributed by atoms with Crippen molar-refractivity contribution < 1.29 is 19.2 Å². The van der Waals surface area contributed by atoms with E-state index < -0.39 is 5.60 Å². The summed E-state index contributed by atoms with van der Waals surface area (Å²) in [5.41, 5.74) is 1.51. The van der Waals surface area contributed by atoms with Gasteiger partial charge in [0.1, 0.15) is 12.0 Å². The van der Waals surface area contributed by atoms with Crippen molar-refractivity contribution in [1.29, 1.82) is 0 Å². The predicted molar refractivity (Wildman–Crippen MR) is 110 cm³/mol. The van der Waals surface area contributed by atoms with Gasteiger partial charge in [0.2, 0.25) is 5.91 Å². The van der Waals surface area contributed by atoms with Crippen molar-refractivity contribution in [2.24, 2.45) is 5.16 Å². The number of fused-ring (bicyclic) bond motifs is 1. The molecule has 0 radical (unpaired) electrons. The van der Waals surface area contributed by atoms with Crippen LogP contribution in [0.5, 0.6) is 0 Å². The Bertz CT molecular complexity index is 1090. The molecule has 0 bridgehead atoms. The largest absolute Gasteiger partial charge is 0.386 e. The maximum absolute atomic E-state index is 12.8. The number of H-pyrrole nitrogens is 1. The van der Waals surface area contributed by atoms with Crippen LogP contribution < -0.4 is 10.6 Å². The Morgan fingerprint density at radius 2 is 2.26 bits per heavy atom. The number of carbonyl (C=O) groups excluding carboxylic acids is 3. The number of aromatic nitrogens is 3. The molecule has 1 saturated heterocycles. The van der Waals surface area contributed by atoms with E-state index in [0.29, 0.717) is 48.9 Å². The second-order valence-electron chi connectivity index (χ2n) is 7.60. The predicted octanol–water partition coefficient (Wildman–Crippen LogP) is 0.526. The van der Waals surface area contributed by atoms with Crippen LogP contribution in [0.1, 0.15) is 28.8 Å². The Hall–Kier alpha value is -3.41. The molecule has 3 N–H and O–H groups in total. The summed E-state index contributed by atoms with van der Waals surface area (Å²) in [6.07, 6.45) is 2.32. The summed E-state index contributed by atoms with van der Waals surface area (Å²) >= 11 is 1.29. The Morgan fingerprint density at radius 1 is 1.35 bits per heavy atom. The van der Waals surface area contributed by atoms with Crippen LogP contribution in [-0.4, -0.2) is 68.0 Å². The van der Waals surface area contributed by atoms with E-state index in [1.165, 1.54) is 18.1 Å². The molecule has 2 aromatic rings. The molecule has 3 amide bonds. The molecule has 1 spiro atoms. The Balaban J connectivity index is 1.18. The summed E-state index contributed by atoms with van der Waals surface area (Å²) in [4.78, 5) is 48.4. The Labute approximate surface area is 181 Å². The van der Waals surface area contributed by atoms with Gasteiger partial charge in [-0.3, -0.25) is 19.5 Å². The maximum Gasteiger partial charge on any atom is 0.273 e. The van der Waals surface area contributed by atoms with Crippen molar-refractivity contribution in [3.8, 4) is 0 Å². The van der Waals surface area contributed by atoms with E-state index in [9.17, 15) is 14.4 Å². The maximum atomic E-state index is 12.8. The van der Waals surface area contributed by atoms with Crippen LogP contribution in [0.2, 0.25) is 0 Å². The fraction of sp³-hybridized carbons (Fsp3) is 0.368. The summed E-state index contributed by atoms with van der Waals surface area (Å²) in [6.45, 7) is 1.29. The monoisotopic (exact) mass is 441 g/mol. The zero-order valence-electron chi connectivity index (χ0n) is 16.4. The zero-order chi connectivity index (χ0) is 21.4. The minimum absolute atomic E-state index is 0.0307. The fourth-order valence-electron chi connectivity index (χ4n) is 3.97. The highest BCUT2D eigenvalue weighted by atomic mass is 32.2. The van der Waals surface area contributed by atoms with Gasteiger partial charge in [-0.05, 0) is 12.1 Å². The van der Waals surface area contributed by atoms with Gasteiger partial charge < -0.3 is 20.4 Å². The third-order valence-corrected chi connectivity index (χ3v) is 6.45. The summed E-state index contributed by atoms with van der Waals surface area (Å²) in [5, 5.41) is 16.7. The number of hydrogen-bond acceptors (Lipinski definition) is 8. The second-order valence-corrected chi connectivity index (χ2v) is 8.57. The number of hydrogen-bond donors (Lipinski definition) is 3. The van der Waals surface area contributed by atoms with Gasteiger partial charge in [-0.2, -0.15) is 5.10 Å².